The first-order valence-electron chi connectivity index (χ1n) is 5.03. The molecule has 13 heavy (non-hydrogen) atoms. The topological polar surface area (TPSA) is 0 Å². The monoisotopic (exact) mass is 173 g/mol. The average Bonchev–Trinajstić information content (AvgIpc) is 2.18. The second-order valence-corrected chi connectivity index (χ2v) is 3.11. The van der Waals surface area contributed by atoms with Gasteiger partial charge in [-0.05, 0) is 38.2 Å². The summed E-state index contributed by atoms with van der Waals surface area (Å²) in [7, 11) is 0. The first kappa shape index (κ1) is 10.0. The van der Waals surface area contributed by atoms with E-state index >= 15 is 0 Å². The van der Waals surface area contributed by atoms with E-state index in [1.54, 1.807) is 0 Å². The predicted octanol–water partition coefficient (Wildman–Crippen LogP) is 3.98. The Morgan fingerprint density at radius 3 is 2.08 bits per heavy atom. The lowest BCUT2D eigenvalue weighted by Gasteiger charge is -1.87. The first-order chi connectivity index (χ1) is 6.50. The van der Waals surface area contributed by atoms with Crippen molar-refractivity contribution in [2.45, 2.75) is 32.1 Å². The summed E-state index contributed by atoms with van der Waals surface area (Å²) in [4.78, 5) is 0. The molecule has 0 saturated heterocycles. The van der Waals surface area contributed by atoms with Crippen LogP contribution in [0.4, 0.5) is 0 Å². The molecule has 0 aromatic heterocycles. The van der Waals surface area contributed by atoms with Crippen LogP contribution < -0.4 is 0 Å². The van der Waals surface area contributed by atoms with E-state index in [9.17, 15) is 0 Å². The fourth-order valence-corrected chi connectivity index (χ4v) is 1.19. The molecule has 0 atom stereocenters. The van der Waals surface area contributed by atoms with Gasteiger partial charge in [0.1, 0.15) is 0 Å². The minimum absolute atomic E-state index is 1.01. The standard InChI is InChI=1S/C13H17/c1-2-4-6-8-10-12-13-11-9-7-5-3-1/h1-2,5,8-11H,3-4,6,12-13H2. The zero-order chi connectivity index (χ0) is 9.19. The summed E-state index contributed by atoms with van der Waals surface area (Å²) in [6.45, 7) is 0. The van der Waals surface area contributed by atoms with Crippen molar-refractivity contribution in [2.75, 3.05) is 0 Å². The molecular weight excluding hydrogens is 156 g/mol. The number of rotatable bonds is 0. The largest absolute Gasteiger partial charge is 0.0882 e. The van der Waals surface area contributed by atoms with Gasteiger partial charge in [-0.1, -0.05) is 42.5 Å². The second-order valence-electron chi connectivity index (χ2n) is 3.11. The van der Waals surface area contributed by atoms with Crippen molar-refractivity contribution >= 4 is 0 Å². The van der Waals surface area contributed by atoms with Gasteiger partial charge in [-0.3, -0.25) is 0 Å². The van der Waals surface area contributed by atoms with Crippen LogP contribution in [-0.4, -0.2) is 0 Å². The Morgan fingerprint density at radius 1 is 0.692 bits per heavy atom. The summed E-state index contributed by atoms with van der Waals surface area (Å²) < 4.78 is 0. The zero-order valence-electron chi connectivity index (χ0n) is 8.08. The molecule has 0 bridgehead atoms. The van der Waals surface area contributed by atoms with E-state index in [2.05, 4.69) is 42.5 Å². The van der Waals surface area contributed by atoms with Gasteiger partial charge in [0, 0.05) is 0 Å². The lowest BCUT2D eigenvalue weighted by Crippen LogP contribution is -1.66. The molecule has 0 amide bonds. The Morgan fingerprint density at radius 2 is 1.31 bits per heavy atom. The van der Waals surface area contributed by atoms with E-state index in [4.69, 9.17) is 0 Å². The van der Waals surface area contributed by atoms with E-state index in [0.29, 0.717) is 0 Å². The molecule has 1 radical (unpaired) electrons. The van der Waals surface area contributed by atoms with Crippen LogP contribution in [0.1, 0.15) is 32.1 Å². The Bertz CT molecular complexity index is 216. The van der Waals surface area contributed by atoms with Crippen molar-refractivity contribution in [3.8, 4) is 0 Å². The van der Waals surface area contributed by atoms with Gasteiger partial charge in [0.25, 0.3) is 0 Å². The molecule has 0 fully saturated rings. The summed E-state index contributed by atoms with van der Waals surface area (Å²) in [5.74, 6) is 0. The number of allylic oxidation sites excluding steroid dienone is 8. The molecule has 0 N–H and O–H groups in total. The summed E-state index contributed by atoms with van der Waals surface area (Å²) in [5, 5.41) is 0. The molecule has 1 rings (SSSR count). The summed E-state index contributed by atoms with van der Waals surface area (Å²) in [6, 6.07) is 0. The highest BCUT2D eigenvalue weighted by atomic mass is 13.9. The summed E-state index contributed by atoms with van der Waals surface area (Å²) >= 11 is 0. The molecule has 1 aliphatic carbocycles. The highest BCUT2D eigenvalue weighted by Crippen LogP contribution is 2.00. The van der Waals surface area contributed by atoms with Crippen LogP contribution in [-0.2, 0) is 0 Å². The Balaban J connectivity index is 2.38. The normalized spacial score (nSPS) is 19.1. The molecule has 0 nitrogen and oxygen atoms in total. The molecule has 0 unspecified atom stereocenters. The van der Waals surface area contributed by atoms with Gasteiger partial charge in [0.2, 0.25) is 0 Å². The van der Waals surface area contributed by atoms with Crippen molar-refractivity contribution < 1.29 is 0 Å². The Kier molecular flexibility index (Phi) is 5.87. The van der Waals surface area contributed by atoms with Gasteiger partial charge in [-0.15, -0.1) is 0 Å². The van der Waals surface area contributed by atoms with E-state index in [1.165, 1.54) is 6.42 Å². The van der Waals surface area contributed by atoms with E-state index in [0.717, 1.165) is 25.7 Å². The van der Waals surface area contributed by atoms with Crippen molar-refractivity contribution in [1.29, 1.82) is 0 Å². The maximum absolute atomic E-state index is 3.14. The average molecular weight is 173 g/mol. The van der Waals surface area contributed by atoms with Crippen molar-refractivity contribution in [2.24, 2.45) is 0 Å². The maximum atomic E-state index is 3.14. The van der Waals surface area contributed by atoms with Crippen LogP contribution in [0.2, 0.25) is 0 Å². The molecule has 0 aliphatic heterocycles. The molecule has 0 spiro atoms. The molecule has 0 heterocycles. The summed E-state index contributed by atoms with van der Waals surface area (Å²) in [5.41, 5.74) is 0. The SMILES string of the molecule is [C]1=CCC=CCCC=CCCC=C1. The van der Waals surface area contributed by atoms with Crippen LogP contribution in [0.25, 0.3) is 0 Å². The van der Waals surface area contributed by atoms with Gasteiger partial charge < -0.3 is 0 Å². The van der Waals surface area contributed by atoms with Crippen LogP contribution in [0, 0.1) is 6.08 Å². The second kappa shape index (κ2) is 7.60. The summed E-state index contributed by atoms with van der Waals surface area (Å²) in [6.07, 6.45) is 24.0. The Hall–Kier alpha value is -1.04. The van der Waals surface area contributed by atoms with Crippen LogP contribution in [0.15, 0.2) is 42.5 Å². The smallest absolute Gasteiger partial charge is 0.0160 e. The van der Waals surface area contributed by atoms with Crippen molar-refractivity contribution in [1.82, 2.24) is 0 Å². The highest BCUT2D eigenvalue weighted by Gasteiger charge is 1.79. The first-order valence-corrected chi connectivity index (χ1v) is 5.03. The number of hydrogen-bond acceptors (Lipinski definition) is 0. The maximum Gasteiger partial charge on any atom is -0.0160 e. The third-order valence-electron chi connectivity index (χ3n) is 1.92. The van der Waals surface area contributed by atoms with Crippen LogP contribution in [0.5, 0.6) is 0 Å². The third kappa shape index (κ3) is 6.15. The van der Waals surface area contributed by atoms with Crippen LogP contribution in [0.3, 0.4) is 0 Å². The fourth-order valence-electron chi connectivity index (χ4n) is 1.19. The minimum Gasteiger partial charge on any atom is -0.0882 e. The van der Waals surface area contributed by atoms with Gasteiger partial charge in [0.15, 0.2) is 0 Å². The fraction of sp³-hybridized carbons (Fsp3) is 0.385. The van der Waals surface area contributed by atoms with Gasteiger partial charge >= 0.3 is 0 Å². The van der Waals surface area contributed by atoms with E-state index in [1.807, 2.05) is 6.08 Å². The predicted molar refractivity (Wildman–Crippen MR) is 58.3 cm³/mol. The van der Waals surface area contributed by atoms with Gasteiger partial charge in [-0.25, -0.2) is 0 Å². The lowest BCUT2D eigenvalue weighted by atomic mass is 10.2. The Labute approximate surface area is 81.4 Å². The van der Waals surface area contributed by atoms with Crippen molar-refractivity contribution in [3.05, 3.63) is 48.6 Å². The highest BCUT2D eigenvalue weighted by molar-refractivity contribution is 5.00. The molecule has 1 aliphatic rings. The van der Waals surface area contributed by atoms with Crippen molar-refractivity contribution in [3.63, 3.8) is 0 Å². The molecule has 0 aromatic carbocycles. The quantitative estimate of drug-likeness (QED) is 0.486. The number of hydrogen-bond donors (Lipinski definition) is 0. The molecular formula is C13H17. The lowest BCUT2D eigenvalue weighted by molar-refractivity contribution is 1.00. The minimum atomic E-state index is 1.01. The molecule has 0 heteroatoms. The molecule has 69 valence electrons. The molecule has 0 saturated carbocycles. The van der Waals surface area contributed by atoms with E-state index in [-0.39, 0.29) is 0 Å². The van der Waals surface area contributed by atoms with Gasteiger partial charge in [0.05, 0.1) is 0 Å². The zero-order valence-corrected chi connectivity index (χ0v) is 8.08. The third-order valence-corrected chi connectivity index (χ3v) is 1.92. The van der Waals surface area contributed by atoms with E-state index < -0.39 is 0 Å². The molecule has 0 aromatic rings. The van der Waals surface area contributed by atoms with Gasteiger partial charge in [-0.2, -0.15) is 0 Å². The van der Waals surface area contributed by atoms with Crippen LogP contribution >= 0.6 is 0 Å².